The predicted molar refractivity (Wildman–Crippen MR) is 54.2 cm³/mol. The number of halogens is 1. The molecule has 5 heteroatoms. The fourth-order valence-electron chi connectivity index (χ4n) is 1.22. The minimum Gasteiger partial charge on any atom is -0.466 e. The van der Waals surface area contributed by atoms with E-state index in [0.29, 0.717) is 5.57 Å². The van der Waals surface area contributed by atoms with Gasteiger partial charge in [-0.25, -0.2) is 9.59 Å². The first-order chi connectivity index (χ1) is 6.97. The summed E-state index contributed by atoms with van der Waals surface area (Å²) in [6.45, 7) is 5.22. The summed E-state index contributed by atoms with van der Waals surface area (Å²) in [6, 6.07) is 0. The molecule has 0 spiro atoms. The molecule has 0 aliphatic carbocycles. The van der Waals surface area contributed by atoms with E-state index < -0.39 is 18.0 Å². The van der Waals surface area contributed by atoms with Gasteiger partial charge in [0.2, 0.25) is 0 Å². The van der Waals surface area contributed by atoms with Crippen molar-refractivity contribution in [2.75, 3.05) is 7.11 Å². The third-order valence-corrected chi connectivity index (χ3v) is 2.62. The monoisotopic (exact) mass is 230 g/mol. The van der Waals surface area contributed by atoms with Crippen molar-refractivity contribution in [2.24, 2.45) is 0 Å². The molecule has 0 fully saturated rings. The van der Waals surface area contributed by atoms with Crippen LogP contribution >= 0.6 is 11.6 Å². The molecule has 1 aliphatic heterocycles. The number of hydrogen-bond donors (Lipinski definition) is 0. The predicted octanol–water partition coefficient (Wildman–Crippen LogP) is 1.54. The molecule has 0 aromatic heterocycles. The minimum absolute atomic E-state index is 0.0812. The number of methoxy groups -OCH3 is 1. The van der Waals surface area contributed by atoms with Gasteiger partial charge in [-0.05, 0) is 12.5 Å². The molecule has 0 amide bonds. The highest BCUT2D eigenvalue weighted by Gasteiger charge is 2.31. The lowest BCUT2D eigenvalue weighted by molar-refractivity contribution is -0.141. The van der Waals surface area contributed by atoms with Gasteiger partial charge in [0.1, 0.15) is 11.1 Å². The first kappa shape index (κ1) is 11.8. The Labute approximate surface area is 92.5 Å². The van der Waals surface area contributed by atoms with Crippen LogP contribution in [0.3, 0.4) is 0 Å². The second kappa shape index (κ2) is 4.49. The fraction of sp³-hybridized carbons (Fsp3) is 0.400. The maximum Gasteiger partial charge on any atom is 0.350 e. The second-order valence-corrected chi connectivity index (χ2v) is 3.57. The Balaban J connectivity index is 2.67. The van der Waals surface area contributed by atoms with Crippen LogP contribution in [0.25, 0.3) is 0 Å². The summed E-state index contributed by atoms with van der Waals surface area (Å²) < 4.78 is 9.42. The smallest absolute Gasteiger partial charge is 0.350 e. The number of rotatable bonds is 3. The molecule has 15 heavy (non-hydrogen) atoms. The number of carbonyl (C=O) groups excluding carboxylic acids is 2. The zero-order valence-corrected chi connectivity index (χ0v) is 9.26. The van der Waals surface area contributed by atoms with Crippen LogP contribution in [0.4, 0.5) is 0 Å². The fourth-order valence-corrected chi connectivity index (χ4v) is 1.38. The standard InChI is InChI=1S/C10H11ClO4/c1-5(9(12)14-3)4-7-6(2)8(11)10(13)15-7/h7H,1,4H2,2-3H3. The van der Waals surface area contributed by atoms with Gasteiger partial charge in [-0.3, -0.25) is 0 Å². The molecule has 1 heterocycles. The van der Waals surface area contributed by atoms with Crippen molar-refractivity contribution < 1.29 is 19.1 Å². The molecule has 0 saturated heterocycles. The van der Waals surface area contributed by atoms with Crippen molar-refractivity contribution in [3.8, 4) is 0 Å². The van der Waals surface area contributed by atoms with E-state index >= 15 is 0 Å². The van der Waals surface area contributed by atoms with Crippen LogP contribution in [0.5, 0.6) is 0 Å². The van der Waals surface area contributed by atoms with Crippen molar-refractivity contribution >= 4 is 23.5 Å². The van der Waals surface area contributed by atoms with E-state index in [1.54, 1.807) is 6.92 Å². The lowest BCUT2D eigenvalue weighted by Crippen LogP contribution is -2.15. The Kier molecular flexibility index (Phi) is 3.52. The Bertz CT molecular complexity index is 356. The molecule has 1 unspecified atom stereocenters. The summed E-state index contributed by atoms with van der Waals surface area (Å²) in [5, 5.41) is 0.0812. The highest BCUT2D eigenvalue weighted by atomic mass is 35.5. The van der Waals surface area contributed by atoms with E-state index in [-0.39, 0.29) is 17.0 Å². The lowest BCUT2D eigenvalue weighted by Gasteiger charge is -2.11. The van der Waals surface area contributed by atoms with Crippen molar-refractivity contribution in [3.63, 3.8) is 0 Å². The summed E-state index contributed by atoms with van der Waals surface area (Å²) in [5.41, 5.74) is 0.868. The van der Waals surface area contributed by atoms with Crippen LogP contribution in [-0.2, 0) is 19.1 Å². The van der Waals surface area contributed by atoms with Crippen molar-refractivity contribution in [1.82, 2.24) is 0 Å². The van der Waals surface area contributed by atoms with Crippen LogP contribution in [0.1, 0.15) is 13.3 Å². The minimum atomic E-state index is -0.558. The Morgan fingerprint density at radius 3 is 2.67 bits per heavy atom. The molecule has 0 aromatic carbocycles. The average molecular weight is 231 g/mol. The Morgan fingerprint density at radius 1 is 1.67 bits per heavy atom. The highest BCUT2D eigenvalue weighted by molar-refractivity contribution is 6.42. The van der Waals surface area contributed by atoms with Crippen molar-refractivity contribution in [2.45, 2.75) is 19.4 Å². The molecule has 1 aliphatic rings. The molecule has 0 bridgehead atoms. The molecule has 0 radical (unpaired) electrons. The molecule has 0 N–H and O–H groups in total. The molecule has 0 aromatic rings. The van der Waals surface area contributed by atoms with E-state index in [1.165, 1.54) is 7.11 Å². The van der Waals surface area contributed by atoms with Crippen LogP contribution < -0.4 is 0 Å². The van der Waals surface area contributed by atoms with Gasteiger partial charge < -0.3 is 9.47 Å². The van der Waals surface area contributed by atoms with E-state index in [0.717, 1.165) is 0 Å². The maximum atomic E-state index is 11.1. The topological polar surface area (TPSA) is 52.6 Å². The van der Waals surface area contributed by atoms with Gasteiger partial charge in [0.15, 0.2) is 0 Å². The third kappa shape index (κ3) is 2.39. The van der Waals surface area contributed by atoms with Crippen LogP contribution in [0.15, 0.2) is 22.8 Å². The van der Waals surface area contributed by atoms with Gasteiger partial charge in [-0.2, -0.15) is 0 Å². The van der Waals surface area contributed by atoms with Gasteiger partial charge in [0.05, 0.1) is 7.11 Å². The Hall–Kier alpha value is -1.29. The molecule has 82 valence electrons. The van der Waals surface area contributed by atoms with Gasteiger partial charge in [-0.15, -0.1) is 0 Å². The average Bonchev–Trinajstić information content (AvgIpc) is 2.45. The van der Waals surface area contributed by atoms with Gasteiger partial charge in [0.25, 0.3) is 0 Å². The van der Waals surface area contributed by atoms with Crippen molar-refractivity contribution in [1.29, 1.82) is 0 Å². The van der Waals surface area contributed by atoms with Gasteiger partial charge in [-0.1, -0.05) is 18.2 Å². The summed E-state index contributed by atoms with van der Waals surface area (Å²) in [4.78, 5) is 22.1. The van der Waals surface area contributed by atoms with E-state index in [2.05, 4.69) is 11.3 Å². The molecule has 4 nitrogen and oxygen atoms in total. The first-order valence-electron chi connectivity index (χ1n) is 4.30. The summed E-state index contributed by atoms with van der Waals surface area (Å²) >= 11 is 5.66. The highest BCUT2D eigenvalue weighted by Crippen LogP contribution is 2.28. The largest absolute Gasteiger partial charge is 0.466 e. The van der Waals surface area contributed by atoms with Gasteiger partial charge >= 0.3 is 11.9 Å². The number of hydrogen-bond acceptors (Lipinski definition) is 4. The number of cyclic esters (lactones) is 1. The van der Waals surface area contributed by atoms with Crippen LogP contribution in [0, 0.1) is 0 Å². The molecule has 0 saturated carbocycles. The zero-order valence-electron chi connectivity index (χ0n) is 8.50. The van der Waals surface area contributed by atoms with E-state index in [1.807, 2.05) is 0 Å². The lowest BCUT2D eigenvalue weighted by atomic mass is 10.0. The summed E-state index contributed by atoms with van der Waals surface area (Å²) in [7, 11) is 1.27. The quantitative estimate of drug-likeness (QED) is 0.545. The third-order valence-electron chi connectivity index (χ3n) is 2.16. The zero-order chi connectivity index (χ0) is 11.6. The maximum absolute atomic E-state index is 11.1. The molecular formula is C10H11ClO4. The molecule has 1 rings (SSSR count). The summed E-state index contributed by atoms with van der Waals surface area (Å²) in [5.74, 6) is -1.07. The first-order valence-corrected chi connectivity index (χ1v) is 4.68. The summed E-state index contributed by atoms with van der Waals surface area (Å²) in [6.07, 6.45) is -0.294. The van der Waals surface area contributed by atoms with E-state index in [9.17, 15) is 9.59 Å². The normalized spacial score (nSPS) is 20.2. The number of esters is 2. The number of carbonyl (C=O) groups is 2. The second-order valence-electron chi connectivity index (χ2n) is 3.19. The van der Waals surface area contributed by atoms with Crippen LogP contribution in [0.2, 0.25) is 0 Å². The Morgan fingerprint density at radius 2 is 2.27 bits per heavy atom. The van der Waals surface area contributed by atoms with Crippen molar-refractivity contribution in [3.05, 3.63) is 22.8 Å². The molecule has 1 atom stereocenters. The van der Waals surface area contributed by atoms with E-state index in [4.69, 9.17) is 16.3 Å². The SMILES string of the molecule is C=C(CC1OC(=O)C(Cl)=C1C)C(=O)OC. The number of ether oxygens (including phenoxy) is 2. The van der Waals surface area contributed by atoms with Crippen LogP contribution in [-0.4, -0.2) is 25.2 Å². The van der Waals surface area contributed by atoms with Gasteiger partial charge in [0, 0.05) is 12.0 Å². The molecular weight excluding hydrogens is 220 g/mol.